The van der Waals surface area contributed by atoms with E-state index in [9.17, 15) is 13.2 Å². The van der Waals surface area contributed by atoms with Gasteiger partial charge in [0.1, 0.15) is 0 Å². The van der Waals surface area contributed by atoms with Gasteiger partial charge in [0.15, 0.2) is 0 Å². The molecule has 0 bridgehead atoms. The van der Waals surface area contributed by atoms with Crippen LogP contribution < -0.4 is 5.32 Å². The van der Waals surface area contributed by atoms with E-state index in [0.717, 1.165) is 33.3 Å². The molecule has 114 valence electrons. The molecule has 2 aromatic rings. The molecule has 1 heterocycles. The van der Waals surface area contributed by atoms with Gasteiger partial charge in [-0.1, -0.05) is 12.1 Å². The molecule has 1 unspecified atom stereocenters. The molecule has 1 aromatic carbocycles. The van der Waals surface area contributed by atoms with Crippen molar-refractivity contribution < 1.29 is 13.2 Å². The van der Waals surface area contributed by atoms with Crippen LogP contribution in [0.3, 0.4) is 0 Å². The lowest BCUT2D eigenvalue weighted by molar-refractivity contribution is -0.137. The van der Waals surface area contributed by atoms with Crippen molar-refractivity contribution in [3.8, 4) is 0 Å². The van der Waals surface area contributed by atoms with Gasteiger partial charge in [0.05, 0.1) is 16.3 Å². The molecule has 1 atom stereocenters. The van der Waals surface area contributed by atoms with Crippen molar-refractivity contribution in [2.24, 2.45) is 0 Å². The summed E-state index contributed by atoms with van der Waals surface area (Å²) in [6.45, 7) is 6.52. The van der Waals surface area contributed by atoms with Crippen molar-refractivity contribution in [3.63, 3.8) is 0 Å². The van der Waals surface area contributed by atoms with Crippen molar-refractivity contribution in [1.82, 2.24) is 10.3 Å². The van der Waals surface area contributed by atoms with Gasteiger partial charge in [-0.15, -0.1) is 11.3 Å². The van der Waals surface area contributed by atoms with E-state index in [1.54, 1.807) is 11.3 Å². The molecule has 1 N–H and O–H groups in total. The Bertz CT molecular complexity index is 602. The molecule has 0 radical (unpaired) electrons. The molecular weight excluding hydrogens is 297 g/mol. The third-order valence-corrected chi connectivity index (χ3v) is 4.38. The molecule has 2 nitrogen and oxygen atoms in total. The molecular formula is C15H17F3N2S. The molecule has 0 aliphatic heterocycles. The molecule has 0 amide bonds. The van der Waals surface area contributed by atoms with Crippen LogP contribution in [0.25, 0.3) is 0 Å². The zero-order valence-corrected chi connectivity index (χ0v) is 12.9. The van der Waals surface area contributed by atoms with E-state index < -0.39 is 11.7 Å². The van der Waals surface area contributed by atoms with Gasteiger partial charge in [-0.05, 0) is 38.5 Å². The second kappa shape index (κ2) is 6.15. The molecule has 0 fully saturated rings. The SMILES string of the molecule is Cc1nc(C)c(CNC(C)c2ccc(C(F)(F)F)cc2)s1. The van der Waals surface area contributed by atoms with Crippen LogP contribution in [-0.4, -0.2) is 4.98 Å². The highest BCUT2D eigenvalue weighted by atomic mass is 32.1. The van der Waals surface area contributed by atoms with Gasteiger partial charge in [-0.2, -0.15) is 13.2 Å². The predicted octanol–water partition coefficient (Wildman–Crippen LogP) is 4.63. The topological polar surface area (TPSA) is 24.9 Å². The van der Waals surface area contributed by atoms with Gasteiger partial charge in [0.2, 0.25) is 0 Å². The van der Waals surface area contributed by atoms with Crippen molar-refractivity contribution in [3.05, 3.63) is 51.0 Å². The fraction of sp³-hybridized carbons (Fsp3) is 0.400. The molecule has 0 saturated carbocycles. The summed E-state index contributed by atoms with van der Waals surface area (Å²) in [6.07, 6.45) is -4.29. The van der Waals surface area contributed by atoms with E-state index in [4.69, 9.17) is 0 Å². The van der Waals surface area contributed by atoms with Crippen LogP contribution in [0.4, 0.5) is 13.2 Å². The average Bonchev–Trinajstić information content (AvgIpc) is 2.73. The summed E-state index contributed by atoms with van der Waals surface area (Å²) < 4.78 is 37.5. The first-order valence-corrected chi connectivity index (χ1v) is 7.42. The maximum Gasteiger partial charge on any atom is 0.416 e. The second-order valence-electron chi connectivity index (χ2n) is 4.96. The standard InChI is InChI=1S/C15H17F3N2S/c1-9(19-8-14-10(2)20-11(3)21-14)12-4-6-13(7-5-12)15(16,17)18/h4-7,9,19H,8H2,1-3H3. The molecule has 0 aliphatic carbocycles. The number of thiazole rings is 1. The zero-order valence-electron chi connectivity index (χ0n) is 12.1. The Labute approximate surface area is 126 Å². The number of aromatic nitrogens is 1. The van der Waals surface area contributed by atoms with Crippen LogP contribution in [0, 0.1) is 13.8 Å². The number of benzene rings is 1. The van der Waals surface area contributed by atoms with Crippen LogP contribution in [0.1, 0.15) is 39.7 Å². The van der Waals surface area contributed by atoms with Gasteiger partial charge in [-0.3, -0.25) is 0 Å². The average molecular weight is 314 g/mol. The third-order valence-electron chi connectivity index (χ3n) is 3.31. The van der Waals surface area contributed by atoms with Crippen LogP contribution in [0.15, 0.2) is 24.3 Å². The number of alkyl halides is 3. The number of aryl methyl sites for hydroxylation is 2. The Morgan fingerprint density at radius 3 is 2.29 bits per heavy atom. The number of hydrogen-bond donors (Lipinski definition) is 1. The minimum atomic E-state index is -4.29. The highest BCUT2D eigenvalue weighted by Gasteiger charge is 2.30. The predicted molar refractivity (Wildman–Crippen MR) is 78.3 cm³/mol. The van der Waals surface area contributed by atoms with E-state index in [-0.39, 0.29) is 6.04 Å². The monoisotopic (exact) mass is 314 g/mol. The summed E-state index contributed by atoms with van der Waals surface area (Å²) in [4.78, 5) is 5.51. The first-order chi connectivity index (χ1) is 9.77. The number of nitrogens with zero attached hydrogens (tertiary/aromatic N) is 1. The lowest BCUT2D eigenvalue weighted by Crippen LogP contribution is -2.18. The van der Waals surface area contributed by atoms with Gasteiger partial charge < -0.3 is 5.32 Å². The van der Waals surface area contributed by atoms with Crippen LogP contribution in [-0.2, 0) is 12.7 Å². The minimum Gasteiger partial charge on any atom is -0.305 e. The highest BCUT2D eigenvalue weighted by molar-refractivity contribution is 7.11. The molecule has 0 aliphatic rings. The van der Waals surface area contributed by atoms with Crippen LogP contribution in [0.5, 0.6) is 0 Å². The lowest BCUT2D eigenvalue weighted by atomic mass is 10.1. The smallest absolute Gasteiger partial charge is 0.305 e. The number of rotatable bonds is 4. The normalized spacial score (nSPS) is 13.4. The maximum atomic E-state index is 12.5. The van der Waals surface area contributed by atoms with E-state index in [2.05, 4.69) is 10.3 Å². The summed E-state index contributed by atoms with van der Waals surface area (Å²) in [5, 5.41) is 4.34. The first-order valence-electron chi connectivity index (χ1n) is 6.61. The van der Waals surface area contributed by atoms with Crippen LogP contribution in [0.2, 0.25) is 0 Å². The highest BCUT2D eigenvalue weighted by Crippen LogP contribution is 2.30. The van der Waals surface area contributed by atoms with Gasteiger partial charge in [0, 0.05) is 17.5 Å². The van der Waals surface area contributed by atoms with E-state index >= 15 is 0 Å². The van der Waals surface area contributed by atoms with Crippen molar-refractivity contribution in [2.45, 2.75) is 39.5 Å². The summed E-state index contributed by atoms with van der Waals surface area (Å²) in [5.74, 6) is 0. The number of hydrogen-bond acceptors (Lipinski definition) is 3. The van der Waals surface area contributed by atoms with Gasteiger partial charge in [-0.25, -0.2) is 4.98 Å². The lowest BCUT2D eigenvalue weighted by Gasteiger charge is -2.15. The number of nitrogens with one attached hydrogen (secondary N) is 1. The van der Waals surface area contributed by atoms with E-state index in [1.807, 2.05) is 20.8 Å². The third kappa shape index (κ3) is 4.04. The first kappa shape index (κ1) is 16.0. The van der Waals surface area contributed by atoms with Gasteiger partial charge >= 0.3 is 6.18 Å². The number of halogens is 3. The van der Waals surface area contributed by atoms with Crippen molar-refractivity contribution in [2.75, 3.05) is 0 Å². The zero-order chi connectivity index (χ0) is 15.6. The molecule has 0 spiro atoms. The molecule has 0 saturated heterocycles. The Kier molecular flexibility index (Phi) is 4.68. The maximum absolute atomic E-state index is 12.5. The summed E-state index contributed by atoms with van der Waals surface area (Å²) in [5.41, 5.74) is 1.22. The molecule has 1 aromatic heterocycles. The molecule has 6 heteroatoms. The quantitative estimate of drug-likeness (QED) is 0.890. The van der Waals surface area contributed by atoms with E-state index in [1.165, 1.54) is 12.1 Å². The largest absolute Gasteiger partial charge is 0.416 e. The molecule has 21 heavy (non-hydrogen) atoms. The van der Waals surface area contributed by atoms with Crippen molar-refractivity contribution >= 4 is 11.3 Å². The summed E-state index contributed by atoms with van der Waals surface area (Å²) in [6, 6.07) is 5.26. The van der Waals surface area contributed by atoms with Gasteiger partial charge in [0.25, 0.3) is 0 Å². The minimum absolute atomic E-state index is 0.0194. The molecule has 2 rings (SSSR count). The summed E-state index contributed by atoms with van der Waals surface area (Å²) in [7, 11) is 0. The Hall–Kier alpha value is -1.40. The Balaban J connectivity index is 2.00. The Morgan fingerprint density at radius 1 is 1.19 bits per heavy atom. The summed E-state index contributed by atoms with van der Waals surface area (Å²) >= 11 is 1.63. The Morgan fingerprint density at radius 2 is 1.81 bits per heavy atom. The van der Waals surface area contributed by atoms with Crippen molar-refractivity contribution in [1.29, 1.82) is 0 Å². The second-order valence-corrected chi connectivity index (χ2v) is 6.25. The van der Waals surface area contributed by atoms with E-state index in [0.29, 0.717) is 6.54 Å². The fourth-order valence-electron chi connectivity index (χ4n) is 2.06. The fourth-order valence-corrected chi connectivity index (χ4v) is 2.95. The van der Waals surface area contributed by atoms with Crippen LogP contribution >= 0.6 is 11.3 Å².